The molecule has 5 nitrogen and oxygen atoms in total. The van der Waals surface area contributed by atoms with Gasteiger partial charge in [0.25, 0.3) is 5.91 Å². The number of benzene rings is 1. The lowest BCUT2D eigenvalue weighted by Gasteiger charge is -2.14. The molecule has 1 heterocycles. The summed E-state index contributed by atoms with van der Waals surface area (Å²) in [5.41, 5.74) is 19.0. The van der Waals surface area contributed by atoms with Crippen LogP contribution in [0.3, 0.4) is 0 Å². The highest BCUT2D eigenvalue weighted by molar-refractivity contribution is 6.07. The molecule has 0 radical (unpaired) electrons. The zero-order chi connectivity index (χ0) is 18.9. The molecule has 1 amide bonds. The van der Waals surface area contributed by atoms with E-state index in [0.717, 1.165) is 36.8 Å². The van der Waals surface area contributed by atoms with E-state index >= 15 is 0 Å². The summed E-state index contributed by atoms with van der Waals surface area (Å²) in [6, 6.07) is 0. The predicted molar refractivity (Wildman–Crippen MR) is 105 cm³/mol. The molecular formula is C20H30N4O. The minimum Gasteiger partial charge on any atom is -0.370 e. The molecule has 3 rings (SSSR count). The molecule has 1 aromatic heterocycles. The van der Waals surface area contributed by atoms with Crippen molar-refractivity contribution in [3.8, 4) is 0 Å². The molecule has 0 saturated heterocycles. The SMILES string of the molecule is CC.Cc1c(C)c(C)c2c3c1CCCCc3c(C(=O)N=C(N)N)n2C. The fourth-order valence-electron chi connectivity index (χ4n) is 3.98. The molecule has 1 aromatic carbocycles. The number of hydrogen-bond acceptors (Lipinski definition) is 1. The molecule has 4 N–H and O–H groups in total. The summed E-state index contributed by atoms with van der Waals surface area (Å²) in [6.07, 6.45) is 4.18. The summed E-state index contributed by atoms with van der Waals surface area (Å²) in [5, 5.41) is 1.25. The summed E-state index contributed by atoms with van der Waals surface area (Å²) in [5.74, 6) is -0.536. The first-order chi connectivity index (χ1) is 11.8. The summed E-state index contributed by atoms with van der Waals surface area (Å²) in [7, 11) is 1.94. The Morgan fingerprint density at radius 1 is 0.960 bits per heavy atom. The van der Waals surface area contributed by atoms with Crippen molar-refractivity contribution in [1.82, 2.24) is 4.57 Å². The van der Waals surface area contributed by atoms with Crippen LogP contribution in [0.4, 0.5) is 0 Å². The molecule has 5 heteroatoms. The Hall–Kier alpha value is -2.30. The van der Waals surface area contributed by atoms with Gasteiger partial charge < -0.3 is 16.0 Å². The third-order valence-corrected chi connectivity index (χ3v) is 5.27. The minimum absolute atomic E-state index is 0.189. The van der Waals surface area contributed by atoms with Crippen LogP contribution < -0.4 is 11.5 Å². The van der Waals surface area contributed by atoms with Crippen molar-refractivity contribution in [1.29, 1.82) is 0 Å². The number of aryl methyl sites for hydroxylation is 4. The van der Waals surface area contributed by atoms with Crippen LogP contribution in [0.15, 0.2) is 4.99 Å². The molecule has 0 atom stereocenters. The second-order valence-corrected chi connectivity index (χ2v) is 6.51. The monoisotopic (exact) mass is 342 g/mol. The summed E-state index contributed by atoms with van der Waals surface area (Å²) >= 11 is 0. The van der Waals surface area contributed by atoms with Gasteiger partial charge in [-0.15, -0.1) is 0 Å². The van der Waals surface area contributed by atoms with Gasteiger partial charge in [0, 0.05) is 12.4 Å². The molecule has 1 aliphatic rings. The first kappa shape index (κ1) is 19.0. The maximum absolute atomic E-state index is 12.6. The van der Waals surface area contributed by atoms with Crippen molar-refractivity contribution in [2.45, 2.75) is 60.3 Å². The number of carbonyl (C=O) groups excluding carboxylic acids is 1. The first-order valence-electron chi connectivity index (χ1n) is 9.08. The zero-order valence-corrected chi connectivity index (χ0v) is 16.3. The van der Waals surface area contributed by atoms with E-state index in [1.54, 1.807) is 0 Å². The van der Waals surface area contributed by atoms with Crippen molar-refractivity contribution >= 4 is 22.8 Å². The topological polar surface area (TPSA) is 86.4 Å². The normalized spacial score (nSPS) is 13.0. The Morgan fingerprint density at radius 3 is 2.08 bits per heavy atom. The van der Waals surface area contributed by atoms with Crippen LogP contribution in [0.1, 0.15) is 65.0 Å². The van der Waals surface area contributed by atoms with Gasteiger partial charge in [0.15, 0.2) is 5.96 Å². The van der Waals surface area contributed by atoms with E-state index in [1.165, 1.54) is 27.6 Å². The van der Waals surface area contributed by atoms with Crippen LogP contribution in [0.5, 0.6) is 0 Å². The number of hydrogen-bond donors (Lipinski definition) is 2. The maximum Gasteiger partial charge on any atom is 0.297 e. The molecule has 2 aromatic rings. The van der Waals surface area contributed by atoms with Crippen molar-refractivity contribution in [2.24, 2.45) is 23.5 Å². The average Bonchev–Trinajstić information content (AvgIpc) is 2.71. The van der Waals surface area contributed by atoms with Gasteiger partial charge in [0.2, 0.25) is 0 Å². The number of aromatic nitrogens is 1. The Kier molecular flexibility index (Phi) is 5.55. The van der Waals surface area contributed by atoms with Crippen molar-refractivity contribution in [3.05, 3.63) is 33.5 Å². The van der Waals surface area contributed by atoms with Crippen LogP contribution in [-0.4, -0.2) is 16.4 Å². The van der Waals surface area contributed by atoms with Gasteiger partial charge in [0.1, 0.15) is 5.69 Å². The van der Waals surface area contributed by atoms with Gasteiger partial charge in [-0.3, -0.25) is 4.79 Å². The third kappa shape index (κ3) is 3.03. The predicted octanol–water partition coefficient (Wildman–Crippen LogP) is 3.42. The number of nitrogens with two attached hydrogens (primary N) is 2. The fourth-order valence-corrected chi connectivity index (χ4v) is 3.98. The highest BCUT2D eigenvalue weighted by atomic mass is 16.1. The number of aliphatic imine (C=N–C) groups is 1. The van der Waals surface area contributed by atoms with Gasteiger partial charge in [-0.2, -0.15) is 4.99 Å². The lowest BCUT2D eigenvalue weighted by Crippen LogP contribution is -2.25. The quantitative estimate of drug-likeness (QED) is 0.615. The highest BCUT2D eigenvalue weighted by Crippen LogP contribution is 2.38. The number of amides is 1. The third-order valence-electron chi connectivity index (χ3n) is 5.27. The molecule has 0 bridgehead atoms. The van der Waals surface area contributed by atoms with E-state index in [9.17, 15) is 4.79 Å². The summed E-state index contributed by atoms with van der Waals surface area (Å²) < 4.78 is 1.98. The van der Waals surface area contributed by atoms with Crippen LogP contribution >= 0.6 is 0 Å². The molecular weight excluding hydrogens is 312 g/mol. The number of guanidine groups is 1. The lowest BCUT2D eigenvalue weighted by molar-refractivity contribution is 0.0994. The van der Waals surface area contributed by atoms with E-state index in [1.807, 2.05) is 25.5 Å². The molecule has 0 fully saturated rings. The molecule has 1 aliphatic carbocycles. The number of carbonyl (C=O) groups is 1. The first-order valence-corrected chi connectivity index (χ1v) is 9.08. The Labute approximate surface area is 150 Å². The fraction of sp³-hybridized carbons (Fsp3) is 0.500. The maximum atomic E-state index is 12.6. The second-order valence-electron chi connectivity index (χ2n) is 6.51. The summed E-state index contributed by atoms with van der Waals surface area (Å²) in [6.45, 7) is 10.5. The number of rotatable bonds is 1. The van der Waals surface area contributed by atoms with Gasteiger partial charge >= 0.3 is 0 Å². The van der Waals surface area contributed by atoms with Gasteiger partial charge in [-0.25, -0.2) is 0 Å². The second kappa shape index (κ2) is 7.30. The zero-order valence-electron chi connectivity index (χ0n) is 16.3. The average molecular weight is 342 g/mol. The smallest absolute Gasteiger partial charge is 0.297 e. The van der Waals surface area contributed by atoms with E-state index in [2.05, 4.69) is 25.8 Å². The molecule has 136 valence electrons. The van der Waals surface area contributed by atoms with Gasteiger partial charge in [-0.05, 0) is 74.3 Å². The molecule has 25 heavy (non-hydrogen) atoms. The van der Waals surface area contributed by atoms with E-state index in [-0.39, 0.29) is 11.9 Å². The van der Waals surface area contributed by atoms with E-state index in [0.29, 0.717) is 5.69 Å². The van der Waals surface area contributed by atoms with Gasteiger partial charge in [-0.1, -0.05) is 13.8 Å². The van der Waals surface area contributed by atoms with Crippen molar-refractivity contribution in [2.75, 3.05) is 0 Å². The van der Waals surface area contributed by atoms with Gasteiger partial charge in [0.05, 0.1) is 5.52 Å². The van der Waals surface area contributed by atoms with Crippen LogP contribution in [0.2, 0.25) is 0 Å². The molecule has 0 unspecified atom stereocenters. The standard InChI is InChI=1S/C18H24N4O.C2H6/c1-9-10(2)12-7-5-6-8-13-14(12)15(11(9)3)22(4)16(13)17(23)21-18(19)20;1-2/h5-8H2,1-4H3,(H4,19,20,21,23);1-2H3. The Bertz CT molecular complexity index is 855. The molecule has 0 spiro atoms. The number of nitrogens with zero attached hydrogens (tertiary/aromatic N) is 2. The van der Waals surface area contributed by atoms with Crippen LogP contribution in [-0.2, 0) is 19.9 Å². The lowest BCUT2D eigenvalue weighted by atomic mass is 9.91. The largest absolute Gasteiger partial charge is 0.370 e. The van der Waals surface area contributed by atoms with E-state index < -0.39 is 0 Å². The van der Waals surface area contributed by atoms with E-state index in [4.69, 9.17) is 11.5 Å². The minimum atomic E-state index is -0.346. The Morgan fingerprint density at radius 2 is 1.52 bits per heavy atom. The molecule has 0 saturated carbocycles. The van der Waals surface area contributed by atoms with Crippen molar-refractivity contribution in [3.63, 3.8) is 0 Å². The summed E-state index contributed by atoms with van der Waals surface area (Å²) in [4.78, 5) is 16.4. The van der Waals surface area contributed by atoms with Crippen LogP contribution in [0, 0.1) is 20.8 Å². The highest BCUT2D eigenvalue weighted by Gasteiger charge is 2.27. The van der Waals surface area contributed by atoms with Crippen LogP contribution in [0.25, 0.3) is 10.9 Å². The Balaban J connectivity index is 0.00000109. The van der Waals surface area contributed by atoms with Crippen molar-refractivity contribution < 1.29 is 4.79 Å². The molecule has 0 aliphatic heterocycles.